The quantitative estimate of drug-likeness (QED) is 0.0255. The van der Waals surface area contributed by atoms with Crippen molar-refractivity contribution in [3.05, 3.63) is 54.7 Å². The van der Waals surface area contributed by atoms with Crippen LogP contribution in [-0.2, 0) is 100 Å². The van der Waals surface area contributed by atoms with E-state index in [0.29, 0.717) is 75.4 Å². The lowest BCUT2D eigenvalue weighted by Crippen LogP contribution is -2.40. The summed E-state index contributed by atoms with van der Waals surface area (Å²) < 4.78 is 73.4. The molecule has 0 fully saturated rings. The number of aryl methyl sites for hydroxylation is 3. The van der Waals surface area contributed by atoms with Crippen LogP contribution in [0.25, 0.3) is 0 Å². The molecule has 3 atom stereocenters. The summed E-state index contributed by atoms with van der Waals surface area (Å²) in [5, 5.41) is 31.8. The van der Waals surface area contributed by atoms with Crippen LogP contribution in [0, 0.1) is 5.41 Å². The molecule has 474 valence electrons. The first-order valence-electron chi connectivity index (χ1n) is 26.9. The van der Waals surface area contributed by atoms with E-state index in [-0.39, 0.29) is 148 Å². The number of hydrogen-bond acceptors (Lipinski definition) is 19. The van der Waals surface area contributed by atoms with Crippen LogP contribution < -0.4 is 16.0 Å². The van der Waals surface area contributed by atoms with Crippen molar-refractivity contribution in [3.8, 4) is 0 Å². The first-order chi connectivity index (χ1) is 38.8. The molecule has 3 unspecified atom stereocenters. The number of aromatic nitrogens is 6. The van der Waals surface area contributed by atoms with Gasteiger partial charge >= 0.3 is 22.8 Å². The summed E-state index contributed by atoms with van der Waals surface area (Å²) in [5.41, 5.74) is 0.863. The molecule has 3 aromatic rings. The van der Waals surface area contributed by atoms with Crippen LogP contribution in [0.5, 0.6) is 0 Å². The Morgan fingerprint density at radius 1 is 0.470 bits per heavy atom. The summed E-state index contributed by atoms with van der Waals surface area (Å²) in [5.74, 6) is -1.16. The Balaban J connectivity index is 1.40. The van der Waals surface area contributed by atoms with E-state index in [1.807, 2.05) is 0 Å². The van der Waals surface area contributed by atoms with Crippen molar-refractivity contribution in [3.63, 3.8) is 0 Å². The van der Waals surface area contributed by atoms with Gasteiger partial charge < -0.3 is 108 Å². The molecule has 3 aromatic heterocycles. The molecule has 0 saturated heterocycles. The van der Waals surface area contributed by atoms with E-state index in [1.54, 1.807) is 18.6 Å². The van der Waals surface area contributed by atoms with E-state index >= 15 is 0 Å². The Hall–Kier alpha value is -4.20. The van der Waals surface area contributed by atoms with Crippen molar-refractivity contribution in [2.24, 2.45) is 5.41 Å². The smallest absolute Gasteiger partial charge is 0.358 e. The average molecular weight is 1250 g/mol. The van der Waals surface area contributed by atoms with Crippen LogP contribution in [0.15, 0.2) is 37.6 Å². The van der Waals surface area contributed by atoms with Gasteiger partial charge in [0.1, 0.15) is 5.78 Å². The Kier molecular flexibility index (Phi) is 31.2. The number of nitrogens with one attached hydrogen (secondary N) is 3. The highest BCUT2D eigenvalue weighted by Gasteiger charge is 2.43. The first kappa shape index (κ1) is 73.1. The van der Waals surface area contributed by atoms with Crippen LogP contribution >= 0.6 is 22.8 Å². The third-order valence-electron chi connectivity index (χ3n) is 12.5. The maximum Gasteiger partial charge on any atom is 0.358 e. The molecular formula is C49H86N9O22P3. The second-order valence-corrected chi connectivity index (χ2v) is 27.0. The zero-order valence-corrected chi connectivity index (χ0v) is 50.3. The lowest BCUT2D eigenvalue weighted by molar-refractivity contribution is -0.131. The Labute approximate surface area is 482 Å². The number of nitrogens with zero attached hydrogens (tertiary/aromatic N) is 6. The maximum absolute atomic E-state index is 12.7. The van der Waals surface area contributed by atoms with Crippen molar-refractivity contribution in [1.29, 1.82) is 0 Å². The Morgan fingerprint density at radius 2 is 0.747 bits per heavy atom. The van der Waals surface area contributed by atoms with Gasteiger partial charge in [0.25, 0.3) is 0 Å². The van der Waals surface area contributed by atoms with E-state index in [1.165, 1.54) is 39.6 Å². The van der Waals surface area contributed by atoms with E-state index < -0.39 is 44.2 Å². The first-order valence-corrected chi connectivity index (χ1v) is 31.8. The van der Waals surface area contributed by atoms with Crippen molar-refractivity contribution >= 4 is 46.3 Å². The summed E-state index contributed by atoms with van der Waals surface area (Å²) in [6, 6.07) is 0. The molecule has 0 radical (unpaired) electrons. The van der Waals surface area contributed by atoms with E-state index in [0.717, 1.165) is 20.8 Å². The van der Waals surface area contributed by atoms with Gasteiger partial charge in [0.15, 0.2) is 16.0 Å². The number of hydrogen-bond donors (Lipinski definition) is 12. The van der Waals surface area contributed by atoms with Gasteiger partial charge in [0.2, 0.25) is 17.7 Å². The minimum atomic E-state index is -4.76. The monoisotopic (exact) mass is 1250 g/mol. The number of rotatable bonds is 47. The van der Waals surface area contributed by atoms with Crippen LogP contribution in [0.4, 0.5) is 0 Å². The topological polar surface area (TPSA) is 446 Å². The second kappa shape index (κ2) is 35.4. The highest BCUT2D eigenvalue weighted by Crippen LogP contribution is 2.51. The van der Waals surface area contributed by atoms with Gasteiger partial charge in [0, 0.05) is 89.1 Å². The normalized spacial score (nSPS) is 15.2. The van der Waals surface area contributed by atoms with Crippen molar-refractivity contribution in [1.82, 2.24) is 44.6 Å². The molecule has 0 aliphatic rings. The van der Waals surface area contributed by atoms with Crippen molar-refractivity contribution in [2.45, 2.75) is 128 Å². The predicted molar refractivity (Wildman–Crippen MR) is 295 cm³/mol. The number of amides is 3. The zero-order chi connectivity index (χ0) is 61.8. The van der Waals surface area contributed by atoms with Gasteiger partial charge in [-0.25, -0.2) is 15.0 Å². The van der Waals surface area contributed by atoms with Crippen LogP contribution in [0.2, 0.25) is 0 Å². The Bertz CT molecular complexity index is 2320. The molecule has 3 heterocycles. The fraction of sp³-hybridized carbons (Fsp3) is 0.735. The molecule has 31 nitrogen and oxygen atoms in total. The van der Waals surface area contributed by atoms with Crippen LogP contribution in [-0.4, -0.2) is 212 Å². The average Bonchev–Trinajstić information content (AvgIpc) is 4.34. The summed E-state index contributed by atoms with van der Waals surface area (Å²) in [7, 11) is -14.3. The predicted octanol–water partition coefficient (Wildman–Crippen LogP) is -0.283. The van der Waals surface area contributed by atoms with Crippen LogP contribution in [0.1, 0.15) is 89.7 Å². The third-order valence-corrected chi connectivity index (χ3v) is 16.7. The lowest BCUT2D eigenvalue weighted by Gasteiger charge is -2.32. The minimum Gasteiger partial charge on any atom is -0.380 e. The van der Waals surface area contributed by atoms with Gasteiger partial charge in [-0.15, -0.1) is 0 Å². The number of ether oxygens (including phenoxy) is 6. The standard InChI is InChI=1S/C49H86N9O22P3/c1-39(59)26-49(33-78-20-11-43(60)50-14-23-75-17-5-8-40-27-56(36-53-40)30-46(2,63)81(66,67)68,34-79-21-12-44(61)51-15-24-76-18-6-9-41-28-57(37-54-41)31-47(3,64)82(69,70)71)35-80-22-13-45(62)52-16-25-77-19-7-10-42-29-58(38-55-42)32-48(4,65)83(72,73)74/h27-29,36-38,63-65H,5-26,30-35H2,1-4H3,(H,50,60)(H,51,61)(H,52,62)(H2,66,67,68)(H2,69,70,71)(H2,72,73,74). The fourth-order valence-corrected chi connectivity index (χ4v) is 8.81. The number of carbonyl (C=O) groups is 4. The lowest BCUT2D eigenvalue weighted by atomic mass is 9.85. The van der Waals surface area contributed by atoms with Gasteiger partial charge in [-0.1, -0.05) is 0 Å². The molecular weight excluding hydrogens is 1160 g/mol. The maximum atomic E-state index is 12.7. The zero-order valence-electron chi connectivity index (χ0n) is 47.6. The molecule has 3 amide bonds. The fourth-order valence-electron chi connectivity index (χ4n) is 7.77. The molecule has 0 aliphatic carbocycles. The van der Waals surface area contributed by atoms with Gasteiger partial charge in [-0.05, 0) is 66.2 Å². The largest absolute Gasteiger partial charge is 0.380 e. The van der Waals surface area contributed by atoms with Crippen molar-refractivity contribution < 1.29 is 106 Å². The molecule has 0 spiro atoms. The SMILES string of the molecule is CC(=O)CC(COCCC(=O)NCCOCCCc1cn(CC(C)(O)P(=O)(O)O)cn1)(COCCC(=O)NCCOCCCc1cn(CC(C)(O)P(=O)(O)O)cn1)COCCC(=O)NCCOCCCc1cn(CC(C)(O)P(=O)(O)O)cn1. The highest BCUT2D eigenvalue weighted by molar-refractivity contribution is 7.53. The van der Waals surface area contributed by atoms with E-state index in [2.05, 4.69) is 30.9 Å². The highest BCUT2D eigenvalue weighted by atomic mass is 31.2. The van der Waals surface area contributed by atoms with Gasteiger partial charge in [-0.3, -0.25) is 28.1 Å². The van der Waals surface area contributed by atoms with E-state index in [4.69, 9.17) is 28.4 Å². The summed E-state index contributed by atoms with van der Waals surface area (Å²) in [4.78, 5) is 119. The second-order valence-electron chi connectivity index (χ2n) is 20.9. The molecule has 0 aromatic carbocycles. The molecule has 83 heavy (non-hydrogen) atoms. The summed E-state index contributed by atoms with van der Waals surface area (Å²) in [6.07, 6.45) is 12.0. The Morgan fingerprint density at radius 3 is 1.00 bits per heavy atom. The number of imidazole rings is 3. The molecule has 0 bridgehead atoms. The number of carbonyl (C=O) groups excluding carboxylic acids is 4. The minimum absolute atomic E-state index is 0.0235. The molecule has 0 saturated carbocycles. The third kappa shape index (κ3) is 29.2. The summed E-state index contributed by atoms with van der Waals surface area (Å²) in [6.45, 7) is 5.59. The molecule has 0 aliphatic heterocycles. The van der Waals surface area contributed by atoms with Gasteiger partial charge in [0.05, 0.1) is 115 Å². The number of Topliss-reactive ketones (excluding diaryl/α,β-unsaturated/α-hetero) is 1. The van der Waals surface area contributed by atoms with Crippen molar-refractivity contribution in [2.75, 3.05) is 98.9 Å². The van der Waals surface area contributed by atoms with Gasteiger partial charge in [-0.2, -0.15) is 0 Å². The number of ketones is 1. The number of aliphatic hydroxyl groups is 3. The molecule has 12 N–H and O–H groups in total. The molecule has 34 heteroatoms. The summed E-state index contributed by atoms with van der Waals surface area (Å²) >= 11 is 0. The van der Waals surface area contributed by atoms with E-state index in [9.17, 15) is 77.6 Å². The molecule has 3 rings (SSSR count). The van der Waals surface area contributed by atoms with Crippen LogP contribution in [0.3, 0.4) is 0 Å².